The van der Waals surface area contributed by atoms with Gasteiger partial charge in [0.1, 0.15) is 11.6 Å². The molecule has 2 N–H and O–H groups in total. The van der Waals surface area contributed by atoms with Crippen molar-refractivity contribution < 1.29 is 9.59 Å². The Morgan fingerprint density at radius 2 is 0.812 bits per heavy atom. The van der Waals surface area contributed by atoms with Crippen LogP contribution in [0.1, 0.15) is 205 Å². The fourth-order valence-corrected chi connectivity index (χ4v) is 6.50. The van der Waals surface area contributed by atoms with Crippen molar-refractivity contribution >= 4 is 24.0 Å². The van der Waals surface area contributed by atoms with Crippen LogP contribution in [-0.4, -0.2) is 11.6 Å². The molecule has 48 heavy (non-hydrogen) atoms. The summed E-state index contributed by atoms with van der Waals surface area (Å²) >= 11 is 0. The summed E-state index contributed by atoms with van der Waals surface area (Å²) in [4.78, 5) is 26.8. The van der Waals surface area contributed by atoms with E-state index in [1.165, 1.54) is 116 Å². The molecular weight excluding hydrogens is 610 g/mol. The lowest BCUT2D eigenvalue weighted by molar-refractivity contribution is -0.133. The fraction of sp³-hybridized carbons (Fsp3) is 0.727. The minimum atomic E-state index is -0.717. The van der Waals surface area contributed by atoms with Crippen LogP contribution in [0.4, 0.5) is 0 Å². The van der Waals surface area contributed by atoms with Gasteiger partial charge in [-0.15, -0.1) is 12.4 Å². The molecule has 0 aliphatic carbocycles. The molecule has 0 amide bonds. The van der Waals surface area contributed by atoms with Crippen LogP contribution in [0.15, 0.2) is 54.6 Å². The molecular formula is C44H76ClNO2. The van der Waals surface area contributed by atoms with E-state index >= 15 is 0 Å². The van der Waals surface area contributed by atoms with Gasteiger partial charge in [-0.2, -0.15) is 0 Å². The zero-order valence-corrected chi connectivity index (χ0v) is 32.3. The number of nitrogens with two attached hydrogens (primary N) is 1. The van der Waals surface area contributed by atoms with Crippen LogP contribution in [-0.2, 0) is 9.59 Å². The molecule has 4 heteroatoms. The van der Waals surface area contributed by atoms with Crippen molar-refractivity contribution in [3.05, 3.63) is 60.2 Å². The molecule has 0 saturated heterocycles. The summed E-state index contributed by atoms with van der Waals surface area (Å²) in [5.41, 5.74) is 7.48. The topological polar surface area (TPSA) is 60.2 Å². The van der Waals surface area contributed by atoms with E-state index in [9.17, 15) is 9.59 Å². The predicted octanol–water partition coefficient (Wildman–Crippen LogP) is 13.9. The maximum Gasteiger partial charge on any atom is 0.145 e. The molecule has 0 radical (unpaired) electrons. The molecule has 0 saturated carbocycles. The van der Waals surface area contributed by atoms with Gasteiger partial charge in [-0.05, 0) is 69.8 Å². The lowest BCUT2D eigenvalue weighted by Crippen LogP contribution is -2.34. The molecule has 0 aliphatic rings. The number of carbonyl (C=O) groups excluding carboxylic acids is 2. The number of allylic oxidation sites excluding steroid dienone is 4. The average molecular weight is 687 g/mol. The minimum absolute atomic E-state index is 0. The third kappa shape index (κ3) is 26.2. The molecule has 1 aromatic carbocycles. The third-order valence-corrected chi connectivity index (χ3v) is 9.61. The highest BCUT2D eigenvalue weighted by Gasteiger charge is 2.32. The van der Waals surface area contributed by atoms with E-state index < -0.39 is 12.0 Å². The highest BCUT2D eigenvalue weighted by atomic mass is 35.5. The molecule has 0 aromatic heterocycles. The molecule has 1 atom stereocenters. The number of ketones is 2. The zero-order chi connectivity index (χ0) is 34.0. The molecule has 1 unspecified atom stereocenters. The Hall–Kier alpha value is -1.71. The number of hydrogen-bond acceptors (Lipinski definition) is 3. The van der Waals surface area contributed by atoms with Gasteiger partial charge in [0.05, 0.1) is 5.92 Å². The standard InChI is InChI=1S/C44H75NO2.ClH/c1-3-5-7-9-11-13-15-17-19-21-23-25-27-29-34-38-41(46)43(44(45)40-36-32-31-33-37-40)42(47)39-35-30-28-26-24-22-20-18-16-14-12-10-8-6-4-2;/h17-20,31-33,36-37,43-44H,3-16,21-30,34-35,38-39,45H2,1-2H3;1H. The predicted molar refractivity (Wildman–Crippen MR) is 213 cm³/mol. The van der Waals surface area contributed by atoms with Crippen molar-refractivity contribution in [2.75, 3.05) is 0 Å². The van der Waals surface area contributed by atoms with Crippen molar-refractivity contribution in [3.8, 4) is 0 Å². The zero-order valence-electron chi connectivity index (χ0n) is 31.5. The summed E-state index contributed by atoms with van der Waals surface area (Å²) in [5.74, 6) is -0.639. The number of rotatable bonds is 34. The Balaban J connectivity index is 0.0000221. The van der Waals surface area contributed by atoms with Crippen LogP contribution < -0.4 is 5.73 Å². The first-order valence-corrected chi connectivity index (χ1v) is 20.3. The lowest BCUT2D eigenvalue weighted by Gasteiger charge is -2.22. The van der Waals surface area contributed by atoms with E-state index in [1.807, 2.05) is 30.3 Å². The van der Waals surface area contributed by atoms with Gasteiger partial charge in [-0.25, -0.2) is 0 Å². The maximum atomic E-state index is 13.4. The van der Waals surface area contributed by atoms with Crippen molar-refractivity contribution in [2.24, 2.45) is 11.7 Å². The first kappa shape index (κ1) is 46.3. The van der Waals surface area contributed by atoms with Gasteiger partial charge in [0.2, 0.25) is 0 Å². The highest BCUT2D eigenvalue weighted by molar-refractivity contribution is 6.03. The molecule has 0 bridgehead atoms. The summed E-state index contributed by atoms with van der Waals surface area (Å²) < 4.78 is 0. The van der Waals surface area contributed by atoms with Gasteiger partial charge in [0.15, 0.2) is 0 Å². The first-order chi connectivity index (χ1) is 23.1. The summed E-state index contributed by atoms with van der Waals surface area (Å²) in [6, 6.07) is 9.17. The van der Waals surface area contributed by atoms with E-state index in [-0.39, 0.29) is 24.0 Å². The Labute approximate surface area is 304 Å². The number of halogens is 1. The molecule has 276 valence electrons. The highest BCUT2D eigenvalue weighted by Crippen LogP contribution is 2.26. The molecule has 1 aromatic rings. The SMILES string of the molecule is CCCCCCCCC=CCCCCCCCC(=O)C(C(=O)CCCCCCCC=CCCCCCCCC)C(N)c1ccccc1.Cl. The average Bonchev–Trinajstić information content (AvgIpc) is 3.08. The van der Waals surface area contributed by atoms with Gasteiger partial charge in [-0.1, -0.05) is 171 Å². The Kier molecular flexibility index (Phi) is 33.9. The van der Waals surface area contributed by atoms with Gasteiger partial charge in [0.25, 0.3) is 0 Å². The second-order valence-electron chi connectivity index (χ2n) is 14.0. The van der Waals surface area contributed by atoms with Crippen molar-refractivity contribution in [1.29, 1.82) is 0 Å². The van der Waals surface area contributed by atoms with E-state index in [4.69, 9.17) is 5.73 Å². The normalized spacial score (nSPS) is 12.8. The molecule has 1 rings (SSSR count). The van der Waals surface area contributed by atoms with Gasteiger partial charge in [-0.3, -0.25) is 9.59 Å². The number of carbonyl (C=O) groups is 2. The second kappa shape index (κ2) is 35.1. The number of unbranched alkanes of at least 4 members (excludes halogenated alkanes) is 22. The smallest absolute Gasteiger partial charge is 0.145 e. The largest absolute Gasteiger partial charge is 0.323 e. The lowest BCUT2D eigenvalue weighted by atomic mass is 9.83. The third-order valence-electron chi connectivity index (χ3n) is 9.61. The Morgan fingerprint density at radius 3 is 1.17 bits per heavy atom. The van der Waals surface area contributed by atoms with Gasteiger partial charge in [0, 0.05) is 18.9 Å². The van der Waals surface area contributed by atoms with E-state index in [0.717, 1.165) is 56.9 Å². The van der Waals surface area contributed by atoms with Crippen LogP contribution >= 0.6 is 12.4 Å². The second-order valence-corrected chi connectivity index (χ2v) is 14.0. The van der Waals surface area contributed by atoms with Crippen LogP contribution in [0.5, 0.6) is 0 Å². The van der Waals surface area contributed by atoms with Crippen LogP contribution in [0.3, 0.4) is 0 Å². The minimum Gasteiger partial charge on any atom is -0.323 e. The maximum absolute atomic E-state index is 13.4. The molecule has 0 fully saturated rings. The fourth-order valence-electron chi connectivity index (χ4n) is 6.50. The van der Waals surface area contributed by atoms with Crippen LogP contribution in [0.25, 0.3) is 0 Å². The summed E-state index contributed by atoms with van der Waals surface area (Å²) in [5, 5.41) is 0. The summed E-state index contributed by atoms with van der Waals surface area (Å²) in [6.07, 6.45) is 42.4. The Bertz CT molecular complexity index is 860. The number of hydrogen-bond donors (Lipinski definition) is 1. The number of Topliss-reactive ketones (excluding diaryl/α,β-unsaturated/α-hetero) is 2. The van der Waals surface area contributed by atoms with Crippen LogP contribution in [0, 0.1) is 5.92 Å². The van der Waals surface area contributed by atoms with E-state index in [0.29, 0.717) is 12.8 Å². The molecule has 0 aliphatic heterocycles. The Morgan fingerprint density at radius 1 is 0.500 bits per heavy atom. The summed E-state index contributed by atoms with van der Waals surface area (Å²) in [7, 11) is 0. The monoisotopic (exact) mass is 686 g/mol. The number of benzene rings is 1. The molecule has 3 nitrogen and oxygen atoms in total. The quantitative estimate of drug-likeness (QED) is 0.0446. The van der Waals surface area contributed by atoms with Crippen molar-refractivity contribution in [2.45, 2.75) is 200 Å². The van der Waals surface area contributed by atoms with E-state index in [1.54, 1.807) is 0 Å². The first-order valence-electron chi connectivity index (χ1n) is 20.3. The van der Waals surface area contributed by atoms with Gasteiger partial charge < -0.3 is 5.73 Å². The van der Waals surface area contributed by atoms with E-state index in [2.05, 4.69) is 38.2 Å². The van der Waals surface area contributed by atoms with Crippen molar-refractivity contribution in [3.63, 3.8) is 0 Å². The molecule has 0 spiro atoms. The molecule has 0 heterocycles. The van der Waals surface area contributed by atoms with Crippen molar-refractivity contribution in [1.82, 2.24) is 0 Å². The van der Waals surface area contributed by atoms with Gasteiger partial charge >= 0.3 is 0 Å². The van der Waals surface area contributed by atoms with Crippen LogP contribution in [0.2, 0.25) is 0 Å². The summed E-state index contributed by atoms with van der Waals surface area (Å²) in [6.45, 7) is 4.54.